The first kappa shape index (κ1) is 42.9. The Labute approximate surface area is 356 Å². The summed E-state index contributed by atoms with van der Waals surface area (Å²) in [6.45, 7) is 7.87. The number of alkyl halides is 2. The summed E-state index contributed by atoms with van der Waals surface area (Å²) in [7, 11) is -4.28. The Balaban J connectivity index is 1.18. The zero-order valence-corrected chi connectivity index (χ0v) is 35.9. The number of rotatable bonds is 6. The number of hydrogen-bond donors (Lipinski definition) is 3. The van der Waals surface area contributed by atoms with Crippen LogP contribution >= 0.6 is 11.6 Å². The van der Waals surface area contributed by atoms with Crippen molar-refractivity contribution in [3.8, 4) is 17.9 Å². The fourth-order valence-corrected chi connectivity index (χ4v) is 10.6. The number of hydrogen-bond acceptors (Lipinski definition) is 10. The summed E-state index contributed by atoms with van der Waals surface area (Å²) in [5.41, 5.74) is -3.49. The number of carbonyl (C=O) groups is 4. The van der Waals surface area contributed by atoms with Crippen molar-refractivity contribution in [1.29, 1.82) is 0 Å². The lowest BCUT2D eigenvalue weighted by molar-refractivity contribution is -0.143. The largest absolute Gasteiger partial charge is 0.459 e. The van der Waals surface area contributed by atoms with Crippen LogP contribution in [-0.2, 0) is 35.7 Å². The van der Waals surface area contributed by atoms with Crippen LogP contribution in [0.3, 0.4) is 0 Å². The SMILES string of the molecule is C[C@@H]1[C@@H]2CN(C(=O)[C@H](C(C)(C)C)NC(=O)O[C@@H]3C[C@@H]4C#C[C@@H]4[C@H]3CC/C=C/Cn3c(nc4cc(Cl)ccc4c3=O)O2)[C@@H]1C(=O)N[C@]1(C(=O)NS(=O)(=O)C2(C)CC2)C[C@H]1C(F)F. The molecule has 15 nitrogen and oxygen atoms in total. The van der Waals surface area contributed by atoms with Gasteiger partial charge in [0.1, 0.15) is 29.8 Å². The van der Waals surface area contributed by atoms with Gasteiger partial charge in [-0.2, -0.15) is 4.98 Å². The van der Waals surface area contributed by atoms with Crippen LogP contribution < -0.4 is 25.7 Å². The fourth-order valence-electron chi connectivity index (χ4n) is 9.16. The maximum atomic E-state index is 14.9. The zero-order valence-electron chi connectivity index (χ0n) is 34.4. The van der Waals surface area contributed by atoms with Crippen molar-refractivity contribution in [2.24, 2.45) is 35.0 Å². The Morgan fingerprint density at radius 1 is 1.10 bits per heavy atom. The Morgan fingerprint density at radius 3 is 2.48 bits per heavy atom. The van der Waals surface area contributed by atoms with E-state index in [1.54, 1.807) is 45.9 Å². The van der Waals surface area contributed by atoms with Crippen molar-refractivity contribution in [3.05, 3.63) is 45.7 Å². The van der Waals surface area contributed by atoms with E-state index >= 15 is 0 Å². The van der Waals surface area contributed by atoms with Gasteiger partial charge >= 0.3 is 6.09 Å². The molecule has 10 atom stereocenters. The van der Waals surface area contributed by atoms with E-state index in [1.165, 1.54) is 17.6 Å². The minimum absolute atomic E-state index is 0.0347. The molecule has 2 aromatic rings. The average Bonchev–Trinajstić information content (AvgIpc) is 4.05. The van der Waals surface area contributed by atoms with Gasteiger partial charge in [0.2, 0.25) is 28.3 Å². The van der Waals surface area contributed by atoms with Gasteiger partial charge in [-0.25, -0.2) is 22.0 Å². The van der Waals surface area contributed by atoms with Gasteiger partial charge < -0.3 is 25.0 Å². The van der Waals surface area contributed by atoms with E-state index < -0.39 is 104 Å². The number of aromatic nitrogens is 2. The van der Waals surface area contributed by atoms with Crippen LogP contribution in [0.25, 0.3) is 10.9 Å². The van der Waals surface area contributed by atoms with E-state index in [9.17, 15) is 41.2 Å². The Kier molecular flexibility index (Phi) is 10.7. The van der Waals surface area contributed by atoms with Crippen LogP contribution in [-0.4, -0.2) is 94.2 Å². The minimum Gasteiger partial charge on any atom is -0.459 e. The van der Waals surface area contributed by atoms with E-state index in [4.69, 9.17) is 21.1 Å². The number of fused-ring (bicyclic) bond motifs is 7. The van der Waals surface area contributed by atoms with Gasteiger partial charge in [0, 0.05) is 35.2 Å². The Morgan fingerprint density at radius 2 is 1.84 bits per heavy atom. The second-order valence-electron chi connectivity index (χ2n) is 18.7. The van der Waals surface area contributed by atoms with Crippen molar-refractivity contribution in [1.82, 2.24) is 29.8 Å². The molecule has 8 rings (SSSR count). The van der Waals surface area contributed by atoms with Crippen molar-refractivity contribution < 1.29 is 45.9 Å². The van der Waals surface area contributed by atoms with E-state index in [0.29, 0.717) is 24.3 Å². The predicted octanol–water partition coefficient (Wildman–Crippen LogP) is 3.91. The van der Waals surface area contributed by atoms with Crippen LogP contribution in [0.15, 0.2) is 35.1 Å². The summed E-state index contributed by atoms with van der Waals surface area (Å²) in [6, 6.07) is 1.68. The van der Waals surface area contributed by atoms with E-state index in [-0.39, 0.29) is 60.6 Å². The van der Waals surface area contributed by atoms with E-state index in [2.05, 4.69) is 27.5 Å². The first-order valence-corrected chi connectivity index (χ1v) is 22.5. The Bertz CT molecular complexity index is 2460. The fraction of sp³-hybridized carbons (Fsp3) is 0.619. The molecule has 3 saturated carbocycles. The molecule has 1 aromatic heterocycles. The van der Waals surface area contributed by atoms with Crippen LogP contribution in [0.1, 0.15) is 73.1 Å². The molecule has 328 valence electrons. The highest BCUT2D eigenvalue weighted by atomic mass is 35.5. The number of ether oxygens (including phenoxy) is 2. The molecular formula is C42H49ClF2N6O9S. The maximum absolute atomic E-state index is 14.9. The molecule has 0 spiro atoms. The lowest BCUT2D eigenvalue weighted by Crippen LogP contribution is -2.61. The molecule has 6 aliphatic rings. The van der Waals surface area contributed by atoms with Crippen LogP contribution in [0.4, 0.5) is 13.6 Å². The van der Waals surface area contributed by atoms with Crippen molar-refractivity contribution in [2.75, 3.05) is 6.54 Å². The predicted molar refractivity (Wildman–Crippen MR) is 218 cm³/mol. The molecule has 0 radical (unpaired) electrons. The number of amides is 4. The maximum Gasteiger partial charge on any atom is 0.408 e. The molecule has 61 heavy (non-hydrogen) atoms. The summed E-state index contributed by atoms with van der Waals surface area (Å²) in [4.78, 5) is 76.8. The quantitative estimate of drug-likeness (QED) is 0.283. The third kappa shape index (κ3) is 7.74. The van der Waals surface area contributed by atoms with Crippen LogP contribution in [0, 0.1) is 46.8 Å². The molecule has 4 amide bonds. The summed E-state index contributed by atoms with van der Waals surface area (Å²) in [6.07, 6.45) is -0.0746. The highest BCUT2D eigenvalue weighted by Crippen LogP contribution is 2.50. The van der Waals surface area contributed by atoms with Gasteiger partial charge in [-0.05, 0) is 69.1 Å². The lowest BCUT2D eigenvalue weighted by atomic mass is 9.81. The molecule has 4 fully saturated rings. The van der Waals surface area contributed by atoms with Gasteiger partial charge in [0.15, 0.2) is 0 Å². The molecule has 1 aromatic carbocycles. The average molecular weight is 887 g/mol. The number of sulfonamides is 1. The minimum atomic E-state index is -4.28. The van der Waals surface area contributed by atoms with Gasteiger partial charge in [0.25, 0.3) is 17.5 Å². The van der Waals surface area contributed by atoms with Gasteiger partial charge in [0.05, 0.1) is 28.1 Å². The smallest absolute Gasteiger partial charge is 0.408 e. The molecular weight excluding hydrogens is 838 g/mol. The molecule has 4 aliphatic carbocycles. The molecule has 1 saturated heterocycles. The number of benzene rings is 1. The summed E-state index contributed by atoms with van der Waals surface area (Å²) < 4.78 is 69.4. The lowest BCUT2D eigenvalue weighted by Gasteiger charge is -2.36. The second-order valence-corrected chi connectivity index (χ2v) is 21.3. The normalized spacial score (nSPS) is 33.5. The molecule has 19 heteroatoms. The third-order valence-electron chi connectivity index (χ3n) is 13.4. The van der Waals surface area contributed by atoms with Gasteiger partial charge in [-0.15, -0.1) is 0 Å². The second kappa shape index (κ2) is 15.2. The first-order chi connectivity index (χ1) is 28.6. The Hall–Kier alpha value is -4.76. The van der Waals surface area contributed by atoms with Crippen molar-refractivity contribution in [3.63, 3.8) is 0 Å². The first-order valence-electron chi connectivity index (χ1n) is 20.6. The number of allylic oxidation sites excluding steroid dienone is 2. The van der Waals surface area contributed by atoms with Crippen molar-refractivity contribution >= 4 is 56.3 Å². The summed E-state index contributed by atoms with van der Waals surface area (Å²) in [5, 5.41) is 5.77. The van der Waals surface area contributed by atoms with Crippen molar-refractivity contribution in [2.45, 2.75) is 121 Å². The number of halogens is 3. The topological polar surface area (TPSA) is 195 Å². The third-order valence-corrected chi connectivity index (χ3v) is 15.8. The molecule has 2 bridgehead atoms. The van der Waals surface area contributed by atoms with Gasteiger partial charge in [-0.3, -0.25) is 28.5 Å². The van der Waals surface area contributed by atoms with E-state index in [0.717, 1.165) is 4.90 Å². The standard InChI is InChI=1S/C42H49ClF2N6O9S/c1-21-30-20-51(31(21)34(52)48-42(19-27(42)33(44)45)37(55)49-61(57,58)41(5)14-15-41)36(54)32(40(2,3)4)47-39(56)60-29-17-22-10-12-24(22)25(29)9-7-6-8-16-50-35(53)26-13-11-23(43)18-28(26)46-38(50)59-30/h6,8,11,13,18,21-22,24-25,27,29-33H,7,9,14-17,19-20H2,1-5H3,(H,47,56)(H,48,52)(H,49,55)/b8-6+/t21-,22+,24+,25-,27+,29-,30+,31+,32-,42-/m1/s1. The highest BCUT2D eigenvalue weighted by molar-refractivity contribution is 7.91. The molecule has 3 heterocycles. The molecule has 0 unspecified atom stereocenters. The van der Waals surface area contributed by atoms with Crippen LogP contribution in [0.5, 0.6) is 6.01 Å². The summed E-state index contributed by atoms with van der Waals surface area (Å²) in [5.74, 6) is 0.640. The van der Waals surface area contributed by atoms with Crippen LogP contribution in [0.2, 0.25) is 5.02 Å². The monoisotopic (exact) mass is 886 g/mol. The summed E-state index contributed by atoms with van der Waals surface area (Å²) >= 11 is 6.29. The van der Waals surface area contributed by atoms with Gasteiger partial charge in [-0.1, -0.05) is 63.3 Å². The number of nitrogens with one attached hydrogen (secondary N) is 3. The number of alkyl carbamates (subject to hydrolysis) is 1. The molecule has 3 N–H and O–H groups in total. The number of nitrogens with zero attached hydrogens (tertiary/aromatic N) is 3. The molecule has 2 aliphatic heterocycles. The number of carbonyl (C=O) groups excluding carboxylic acids is 4. The zero-order chi connectivity index (χ0) is 44.0. The van der Waals surface area contributed by atoms with E-state index in [1.807, 2.05) is 10.8 Å². The highest BCUT2D eigenvalue weighted by Gasteiger charge is 2.67.